The smallest absolute Gasteiger partial charge is 0.0640 e. The second-order valence-electron chi connectivity index (χ2n) is 3.93. The predicted octanol–water partition coefficient (Wildman–Crippen LogP) is 3.34. The monoisotopic (exact) mass is 260 g/mol. The lowest BCUT2D eigenvalue weighted by molar-refractivity contribution is 0.335. The maximum Gasteiger partial charge on any atom is 0.0640 e. The molecule has 1 aromatic rings. The van der Waals surface area contributed by atoms with Crippen LogP contribution in [-0.2, 0) is 0 Å². The summed E-state index contributed by atoms with van der Waals surface area (Å²) in [6.07, 6.45) is 0.879. The zero-order valence-electron chi connectivity index (χ0n) is 9.71. The molecule has 1 unspecified atom stereocenters. The molecule has 0 aromatic heterocycles. The van der Waals surface area contributed by atoms with Crippen LogP contribution in [0.4, 0.5) is 0 Å². The number of hydrogen-bond acceptors (Lipinski definition) is 2. The molecule has 4 heteroatoms. The quantitative estimate of drug-likeness (QED) is 0.880. The summed E-state index contributed by atoms with van der Waals surface area (Å²) in [5.41, 5.74) is 7.03. The molecule has 0 aliphatic carbocycles. The molecule has 2 nitrogen and oxygen atoms in total. The van der Waals surface area contributed by atoms with Crippen LogP contribution in [0, 0.1) is 0 Å². The Bertz CT molecular complexity index is 342. The van der Waals surface area contributed by atoms with Crippen LogP contribution >= 0.6 is 23.2 Å². The van der Waals surface area contributed by atoms with Crippen molar-refractivity contribution < 1.29 is 0 Å². The first-order chi connectivity index (χ1) is 7.56. The van der Waals surface area contributed by atoms with Crippen LogP contribution in [-0.4, -0.2) is 25.0 Å². The molecule has 0 aliphatic rings. The van der Waals surface area contributed by atoms with Gasteiger partial charge in [0.05, 0.1) is 10.0 Å². The van der Waals surface area contributed by atoms with Gasteiger partial charge in [-0.15, -0.1) is 0 Å². The Morgan fingerprint density at radius 3 is 2.69 bits per heavy atom. The Labute approximate surface area is 107 Å². The van der Waals surface area contributed by atoms with Gasteiger partial charge in [-0.05, 0) is 38.2 Å². The number of rotatable bonds is 5. The van der Waals surface area contributed by atoms with Gasteiger partial charge in [0.1, 0.15) is 0 Å². The normalized spacial score (nSPS) is 13.1. The van der Waals surface area contributed by atoms with Crippen molar-refractivity contribution in [2.45, 2.75) is 19.4 Å². The van der Waals surface area contributed by atoms with Crippen molar-refractivity contribution >= 4 is 23.2 Å². The Hall–Kier alpha value is -0.280. The predicted molar refractivity (Wildman–Crippen MR) is 71.2 cm³/mol. The molecule has 1 aromatic carbocycles. The molecule has 16 heavy (non-hydrogen) atoms. The zero-order valence-corrected chi connectivity index (χ0v) is 11.2. The van der Waals surface area contributed by atoms with Crippen molar-refractivity contribution in [3.05, 3.63) is 33.8 Å². The number of hydrogen-bond donors (Lipinski definition) is 1. The molecule has 1 rings (SSSR count). The highest BCUT2D eigenvalue weighted by Gasteiger charge is 2.12. The lowest BCUT2D eigenvalue weighted by atomic mass is 10.0. The third-order valence-electron chi connectivity index (χ3n) is 2.74. The van der Waals surface area contributed by atoms with Gasteiger partial charge in [-0.2, -0.15) is 0 Å². The second-order valence-corrected chi connectivity index (χ2v) is 4.72. The standard InChI is InChI=1S/C12H18Cl2N2/c1-3-16(2)8-7-11(15)9-5-4-6-10(13)12(9)14/h4-6,11H,3,7-8,15H2,1-2H3. The molecule has 0 spiro atoms. The van der Waals surface area contributed by atoms with E-state index in [0.717, 1.165) is 25.1 Å². The van der Waals surface area contributed by atoms with Gasteiger partial charge in [0, 0.05) is 6.04 Å². The fourth-order valence-electron chi connectivity index (χ4n) is 1.48. The average Bonchev–Trinajstić information content (AvgIpc) is 2.29. The highest BCUT2D eigenvalue weighted by Crippen LogP contribution is 2.30. The van der Waals surface area contributed by atoms with Gasteiger partial charge in [0.25, 0.3) is 0 Å². The van der Waals surface area contributed by atoms with E-state index in [9.17, 15) is 0 Å². The van der Waals surface area contributed by atoms with Crippen LogP contribution in [0.15, 0.2) is 18.2 Å². The Morgan fingerprint density at radius 2 is 2.06 bits per heavy atom. The van der Waals surface area contributed by atoms with Gasteiger partial charge < -0.3 is 10.6 Å². The van der Waals surface area contributed by atoms with E-state index < -0.39 is 0 Å². The van der Waals surface area contributed by atoms with E-state index in [1.54, 1.807) is 6.07 Å². The Balaban J connectivity index is 2.66. The Kier molecular flexibility index (Phi) is 5.56. The summed E-state index contributed by atoms with van der Waals surface area (Å²) >= 11 is 12.1. The van der Waals surface area contributed by atoms with Gasteiger partial charge in [-0.1, -0.05) is 42.3 Å². The summed E-state index contributed by atoms with van der Waals surface area (Å²) in [5.74, 6) is 0. The van der Waals surface area contributed by atoms with E-state index >= 15 is 0 Å². The molecule has 1 atom stereocenters. The van der Waals surface area contributed by atoms with Gasteiger partial charge in [0.2, 0.25) is 0 Å². The van der Waals surface area contributed by atoms with E-state index in [1.165, 1.54) is 0 Å². The van der Waals surface area contributed by atoms with Gasteiger partial charge in [0.15, 0.2) is 0 Å². The van der Waals surface area contributed by atoms with Crippen molar-refractivity contribution in [3.8, 4) is 0 Å². The van der Waals surface area contributed by atoms with E-state index in [4.69, 9.17) is 28.9 Å². The van der Waals surface area contributed by atoms with Crippen molar-refractivity contribution in [3.63, 3.8) is 0 Å². The highest BCUT2D eigenvalue weighted by molar-refractivity contribution is 6.42. The lowest BCUT2D eigenvalue weighted by Gasteiger charge is -2.18. The van der Waals surface area contributed by atoms with Crippen molar-refractivity contribution in [1.29, 1.82) is 0 Å². The molecule has 90 valence electrons. The maximum atomic E-state index is 6.11. The van der Waals surface area contributed by atoms with Crippen molar-refractivity contribution in [1.82, 2.24) is 4.90 Å². The fraction of sp³-hybridized carbons (Fsp3) is 0.500. The number of benzene rings is 1. The minimum atomic E-state index is -0.0554. The minimum absolute atomic E-state index is 0.0554. The van der Waals surface area contributed by atoms with E-state index in [2.05, 4.69) is 18.9 Å². The molecule has 0 saturated heterocycles. The SMILES string of the molecule is CCN(C)CCC(N)c1cccc(Cl)c1Cl. The van der Waals surface area contributed by atoms with Crippen LogP contribution in [0.3, 0.4) is 0 Å². The summed E-state index contributed by atoms with van der Waals surface area (Å²) in [7, 11) is 2.08. The summed E-state index contributed by atoms with van der Waals surface area (Å²) in [5, 5.41) is 1.15. The molecule has 0 amide bonds. The summed E-state index contributed by atoms with van der Waals surface area (Å²) in [6, 6.07) is 5.54. The van der Waals surface area contributed by atoms with E-state index in [1.807, 2.05) is 12.1 Å². The van der Waals surface area contributed by atoms with Crippen LogP contribution in [0.1, 0.15) is 24.9 Å². The lowest BCUT2D eigenvalue weighted by Crippen LogP contribution is -2.23. The summed E-state index contributed by atoms with van der Waals surface area (Å²) in [6.45, 7) is 4.11. The molecular formula is C12H18Cl2N2. The van der Waals surface area contributed by atoms with Crippen LogP contribution in [0.2, 0.25) is 10.0 Å². The summed E-state index contributed by atoms with van der Waals surface area (Å²) in [4.78, 5) is 2.22. The third kappa shape index (κ3) is 3.63. The first kappa shape index (κ1) is 13.8. The largest absolute Gasteiger partial charge is 0.324 e. The molecule has 0 fully saturated rings. The second kappa shape index (κ2) is 6.45. The molecule has 0 heterocycles. The molecule has 2 N–H and O–H groups in total. The molecule has 0 radical (unpaired) electrons. The third-order valence-corrected chi connectivity index (χ3v) is 3.58. The number of nitrogens with zero attached hydrogens (tertiary/aromatic N) is 1. The topological polar surface area (TPSA) is 29.3 Å². The molecule has 0 saturated carbocycles. The van der Waals surface area contributed by atoms with Gasteiger partial charge in [-0.25, -0.2) is 0 Å². The zero-order chi connectivity index (χ0) is 12.1. The maximum absolute atomic E-state index is 6.11. The van der Waals surface area contributed by atoms with Crippen molar-refractivity contribution in [2.24, 2.45) is 5.73 Å². The van der Waals surface area contributed by atoms with Crippen molar-refractivity contribution in [2.75, 3.05) is 20.1 Å². The van der Waals surface area contributed by atoms with Crippen LogP contribution in [0.25, 0.3) is 0 Å². The average molecular weight is 261 g/mol. The van der Waals surface area contributed by atoms with Crippen LogP contribution < -0.4 is 5.73 Å². The highest BCUT2D eigenvalue weighted by atomic mass is 35.5. The number of halogens is 2. The van der Waals surface area contributed by atoms with Crippen LogP contribution in [0.5, 0.6) is 0 Å². The van der Waals surface area contributed by atoms with Gasteiger partial charge >= 0.3 is 0 Å². The van der Waals surface area contributed by atoms with E-state index in [0.29, 0.717) is 10.0 Å². The fourth-order valence-corrected chi connectivity index (χ4v) is 1.93. The molecule has 0 aliphatic heterocycles. The summed E-state index contributed by atoms with van der Waals surface area (Å²) < 4.78 is 0. The first-order valence-electron chi connectivity index (χ1n) is 5.44. The van der Waals surface area contributed by atoms with E-state index in [-0.39, 0.29) is 6.04 Å². The van der Waals surface area contributed by atoms with Gasteiger partial charge in [-0.3, -0.25) is 0 Å². The Morgan fingerprint density at radius 1 is 1.38 bits per heavy atom. The first-order valence-corrected chi connectivity index (χ1v) is 6.19. The minimum Gasteiger partial charge on any atom is -0.324 e. The number of nitrogens with two attached hydrogens (primary N) is 1. The molecule has 0 bridgehead atoms. The molecular weight excluding hydrogens is 243 g/mol.